The quantitative estimate of drug-likeness (QED) is 0.414. The molecular formula is C25H35F2N9O3. The molecule has 2 aliphatic rings. The third-order valence-corrected chi connectivity index (χ3v) is 6.73. The Kier molecular flexibility index (Phi) is 9.85. The van der Waals surface area contributed by atoms with E-state index in [1.165, 1.54) is 6.20 Å². The Balaban J connectivity index is 1.47. The van der Waals surface area contributed by atoms with Gasteiger partial charge < -0.3 is 25.2 Å². The van der Waals surface area contributed by atoms with Gasteiger partial charge in [0, 0.05) is 64.7 Å². The lowest BCUT2D eigenvalue weighted by molar-refractivity contribution is -0.131. The van der Waals surface area contributed by atoms with Crippen LogP contribution in [-0.2, 0) is 14.3 Å². The Labute approximate surface area is 226 Å². The van der Waals surface area contributed by atoms with Crippen LogP contribution in [-0.4, -0.2) is 94.0 Å². The molecule has 0 spiro atoms. The van der Waals surface area contributed by atoms with E-state index < -0.39 is 12.1 Å². The van der Waals surface area contributed by atoms with Gasteiger partial charge in [0.1, 0.15) is 11.5 Å². The number of carbonyl (C=O) groups is 2. The molecule has 212 valence electrons. The molecule has 2 N–H and O–H groups in total. The first kappa shape index (κ1) is 28.5. The van der Waals surface area contributed by atoms with Gasteiger partial charge in [-0.2, -0.15) is 15.0 Å². The molecule has 4 rings (SSSR count). The molecule has 2 aliphatic heterocycles. The molecule has 0 aliphatic carbocycles. The van der Waals surface area contributed by atoms with Crippen molar-refractivity contribution in [1.29, 1.82) is 0 Å². The van der Waals surface area contributed by atoms with Crippen molar-refractivity contribution in [2.24, 2.45) is 0 Å². The van der Waals surface area contributed by atoms with E-state index in [2.05, 4.69) is 24.9 Å². The number of piperazine rings is 1. The number of unbranched alkanes of at least 4 members (excludes halogenated alkanes) is 1. The van der Waals surface area contributed by atoms with Gasteiger partial charge in [0.05, 0.1) is 18.8 Å². The predicted molar refractivity (Wildman–Crippen MR) is 140 cm³/mol. The Hall–Kier alpha value is -3.55. The maximum atomic E-state index is 13.8. The number of anilines is 3. The minimum Gasteiger partial charge on any atom is -0.378 e. The number of Topliss-reactive ketones (excluding diaryl/α,β-unsaturated/α-hetero) is 1. The predicted octanol–water partition coefficient (Wildman–Crippen LogP) is 2.26. The Bertz CT molecular complexity index is 1140. The largest absolute Gasteiger partial charge is 0.378 e. The lowest BCUT2D eigenvalue weighted by Crippen LogP contribution is -2.49. The molecule has 0 unspecified atom stereocenters. The van der Waals surface area contributed by atoms with Crippen molar-refractivity contribution >= 4 is 29.5 Å². The standard InChI is InChI=1S/C25H35F2N9O3/c1-2-5-17(37)6-3-4-7-19(38)34-8-10-35(11-9-34)24-31-22(18-16-29-23(28)30-20(18)21(26)27)32-25(33-24)36-12-14-39-15-13-36/h16,21H,2-15H2,1H3,(H2,28,29,30). The zero-order chi connectivity index (χ0) is 27.8. The molecule has 12 nitrogen and oxygen atoms in total. The highest BCUT2D eigenvalue weighted by Gasteiger charge is 2.27. The highest BCUT2D eigenvalue weighted by molar-refractivity contribution is 5.78. The van der Waals surface area contributed by atoms with Gasteiger partial charge in [-0.1, -0.05) is 6.92 Å². The number of amides is 1. The van der Waals surface area contributed by atoms with Crippen LogP contribution in [0.15, 0.2) is 6.20 Å². The lowest BCUT2D eigenvalue weighted by atomic mass is 10.1. The number of ether oxygens (including phenoxy) is 1. The van der Waals surface area contributed by atoms with E-state index >= 15 is 0 Å². The maximum absolute atomic E-state index is 13.8. The summed E-state index contributed by atoms with van der Waals surface area (Å²) < 4.78 is 33.0. The van der Waals surface area contributed by atoms with E-state index in [4.69, 9.17) is 10.5 Å². The van der Waals surface area contributed by atoms with Crippen LogP contribution in [0.1, 0.15) is 57.6 Å². The van der Waals surface area contributed by atoms with Crippen molar-refractivity contribution in [2.75, 3.05) is 68.0 Å². The van der Waals surface area contributed by atoms with Crippen molar-refractivity contribution in [3.8, 4) is 11.4 Å². The number of nitrogens with two attached hydrogens (primary N) is 1. The summed E-state index contributed by atoms with van der Waals surface area (Å²) >= 11 is 0. The monoisotopic (exact) mass is 547 g/mol. The summed E-state index contributed by atoms with van der Waals surface area (Å²) in [6.45, 7) is 6.00. The summed E-state index contributed by atoms with van der Waals surface area (Å²) in [5.74, 6) is 0.769. The van der Waals surface area contributed by atoms with E-state index in [1.807, 2.05) is 16.7 Å². The van der Waals surface area contributed by atoms with Crippen molar-refractivity contribution < 1.29 is 23.1 Å². The molecule has 1 amide bonds. The number of aromatic nitrogens is 5. The second-order valence-corrected chi connectivity index (χ2v) is 9.55. The zero-order valence-corrected chi connectivity index (χ0v) is 22.2. The fourth-order valence-corrected chi connectivity index (χ4v) is 4.58. The summed E-state index contributed by atoms with van der Waals surface area (Å²) in [4.78, 5) is 51.3. The fraction of sp³-hybridized carbons (Fsp3) is 0.640. The molecule has 0 aromatic carbocycles. The number of halogens is 2. The molecule has 2 saturated heterocycles. The third kappa shape index (κ3) is 7.52. The molecule has 0 bridgehead atoms. The molecule has 0 saturated carbocycles. The van der Waals surface area contributed by atoms with Gasteiger partial charge in [0.25, 0.3) is 6.43 Å². The van der Waals surface area contributed by atoms with Crippen LogP contribution in [0.25, 0.3) is 11.4 Å². The van der Waals surface area contributed by atoms with Gasteiger partial charge in [-0.3, -0.25) is 9.59 Å². The molecule has 2 fully saturated rings. The van der Waals surface area contributed by atoms with E-state index in [-0.39, 0.29) is 29.0 Å². The van der Waals surface area contributed by atoms with Crippen LogP contribution in [0.3, 0.4) is 0 Å². The van der Waals surface area contributed by atoms with Crippen molar-refractivity contribution in [2.45, 2.75) is 51.9 Å². The van der Waals surface area contributed by atoms with Gasteiger partial charge >= 0.3 is 0 Å². The molecule has 39 heavy (non-hydrogen) atoms. The van der Waals surface area contributed by atoms with E-state index in [0.717, 1.165) is 12.8 Å². The fourth-order valence-electron chi connectivity index (χ4n) is 4.58. The summed E-state index contributed by atoms with van der Waals surface area (Å²) in [6.07, 6.45) is 2.09. The van der Waals surface area contributed by atoms with Crippen LogP contribution in [0.4, 0.5) is 26.6 Å². The molecule has 0 radical (unpaired) electrons. The summed E-state index contributed by atoms with van der Waals surface area (Å²) in [5.41, 5.74) is 5.00. The average Bonchev–Trinajstić information content (AvgIpc) is 2.95. The van der Waals surface area contributed by atoms with Crippen molar-refractivity contribution in [1.82, 2.24) is 29.8 Å². The first-order chi connectivity index (χ1) is 18.9. The number of nitrogens with zero attached hydrogens (tertiary/aromatic N) is 8. The second kappa shape index (κ2) is 13.5. The topological polar surface area (TPSA) is 144 Å². The number of morpholine rings is 1. The summed E-state index contributed by atoms with van der Waals surface area (Å²) in [6, 6.07) is 0. The van der Waals surface area contributed by atoms with Gasteiger partial charge in [0.15, 0.2) is 5.82 Å². The van der Waals surface area contributed by atoms with E-state index in [1.54, 1.807) is 4.90 Å². The number of carbonyl (C=O) groups excluding carboxylic acids is 2. The number of rotatable bonds is 11. The van der Waals surface area contributed by atoms with Gasteiger partial charge in [-0.25, -0.2) is 18.7 Å². The Morgan fingerprint density at radius 2 is 1.56 bits per heavy atom. The minimum absolute atomic E-state index is 0.0106. The highest BCUT2D eigenvalue weighted by Crippen LogP contribution is 2.30. The molecule has 2 aromatic heterocycles. The van der Waals surface area contributed by atoms with Gasteiger partial charge in [-0.05, 0) is 19.3 Å². The number of hydrogen-bond donors (Lipinski definition) is 1. The first-order valence-electron chi connectivity index (χ1n) is 13.4. The molecule has 0 atom stereocenters. The number of ketones is 1. The lowest BCUT2D eigenvalue weighted by Gasteiger charge is -2.35. The van der Waals surface area contributed by atoms with E-state index in [9.17, 15) is 18.4 Å². The van der Waals surface area contributed by atoms with Crippen molar-refractivity contribution in [3.05, 3.63) is 11.9 Å². The second-order valence-electron chi connectivity index (χ2n) is 9.55. The number of nitrogen functional groups attached to an aromatic ring is 1. The van der Waals surface area contributed by atoms with Gasteiger partial charge in [0.2, 0.25) is 23.8 Å². The van der Waals surface area contributed by atoms with Crippen LogP contribution in [0.2, 0.25) is 0 Å². The third-order valence-electron chi connectivity index (χ3n) is 6.73. The minimum atomic E-state index is -2.89. The highest BCUT2D eigenvalue weighted by atomic mass is 19.3. The van der Waals surface area contributed by atoms with Gasteiger partial charge in [-0.15, -0.1) is 0 Å². The first-order valence-corrected chi connectivity index (χ1v) is 13.4. The van der Waals surface area contributed by atoms with E-state index in [0.29, 0.717) is 90.1 Å². The SMILES string of the molecule is CCCC(=O)CCCCC(=O)N1CCN(c2nc(-c3cnc(N)nc3C(F)F)nc(N3CCOCC3)n2)CC1. The van der Waals surface area contributed by atoms with Crippen LogP contribution in [0.5, 0.6) is 0 Å². The smallest absolute Gasteiger partial charge is 0.281 e. The normalized spacial score (nSPS) is 16.2. The van der Waals surface area contributed by atoms with Crippen molar-refractivity contribution in [3.63, 3.8) is 0 Å². The molecular weight excluding hydrogens is 512 g/mol. The van der Waals surface area contributed by atoms with Crippen LogP contribution >= 0.6 is 0 Å². The summed E-state index contributed by atoms with van der Waals surface area (Å²) in [7, 11) is 0. The average molecular weight is 548 g/mol. The Morgan fingerprint density at radius 3 is 2.21 bits per heavy atom. The van der Waals surface area contributed by atoms with Crippen LogP contribution < -0.4 is 15.5 Å². The zero-order valence-electron chi connectivity index (χ0n) is 22.2. The van der Waals surface area contributed by atoms with Crippen LogP contribution in [0, 0.1) is 0 Å². The maximum Gasteiger partial charge on any atom is 0.281 e. The summed E-state index contributed by atoms with van der Waals surface area (Å²) in [5, 5.41) is 0. The molecule has 2 aromatic rings. The number of alkyl halides is 2. The number of hydrogen-bond acceptors (Lipinski definition) is 11. The molecule has 14 heteroatoms. The Morgan fingerprint density at radius 1 is 0.923 bits per heavy atom. The molecule has 4 heterocycles.